The van der Waals surface area contributed by atoms with Crippen LogP contribution in [-0.4, -0.2) is 36.7 Å². The topological polar surface area (TPSA) is 27.7 Å². The Kier molecular flexibility index (Phi) is 5.40. The smallest absolute Gasteiger partial charge is 0.374 e. The summed E-state index contributed by atoms with van der Waals surface area (Å²) in [5, 5.41) is 0. The Balaban J connectivity index is 2.76. The fraction of sp³-hybridized carbons (Fsp3) is 1.00. The van der Waals surface area contributed by atoms with Crippen molar-refractivity contribution >= 4 is 16.9 Å². The molecule has 0 aromatic carbocycles. The van der Waals surface area contributed by atoms with Gasteiger partial charge in [0.15, 0.2) is 0 Å². The van der Waals surface area contributed by atoms with Gasteiger partial charge >= 0.3 is 8.80 Å². The van der Waals surface area contributed by atoms with Crippen LogP contribution in [-0.2, 0) is 13.3 Å². The molecule has 0 spiro atoms. The normalized spacial score (nSPS) is 25.1. The van der Waals surface area contributed by atoms with E-state index in [1.165, 1.54) is 6.42 Å². The van der Waals surface area contributed by atoms with E-state index in [4.69, 9.17) is 13.3 Å². The van der Waals surface area contributed by atoms with Crippen LogP contribution in [0.2, 0.25) is 30.7 Å². The lowest BCUT2D eigenvalue weighted by Gasteiger charge is -2.30. The molecular formula is C12H28O3Si2. The van der Waals surface area contributed by atoms with Gasteiger partial charge in [0.1, 0.15) is 0 Å². The summed E-state index contributed by atoms with van der Waals surface area (Å²) in [6.07, 6.45) is 1.25. The molecule has 102 valence electrons. The van der Waals surface area contributed by atoms with Gasteiger partial charge in [0.25, 0.3) is 0 Å². The quantitative estimate of drug-likeness (QED) is 0.635. The molecule has 0 bridgehead atoms. The van der Waals surface area contributed by atoms with E-state index in [2.05, 4.69) is 19.6 Å². The van der Waals surface area contributed by atoms with Crippen LogP contribution in [0.5, 0.6) is 0 Å². The van der Waals surface area contributed by atoms with E-state index in [-0.39, 0.29) is 0 Å². The van der Waals surface area contributed by atoms with Crippen molar-refractivity contribution in [2.24, 2.45) is 0 Å². The Morgan fingerprint density at radius 1 is 0.824 bits per heavy atom. The first-order valence-electron chi connectivity index (χ1n) is 6.83. The van der Waals surface area contributed by atoms with Gasteiger partial charge in [-0.2, -0.15) is 0 Å². The van der Waals surface area contributed by atoms with Crippen molar-refractivity contribution in [2.75, 3.05) is 19.8 Å². The van der Waals surface area contributed by atoms with Crippen LogP contribution in [0, 0.1) is 0 Å². The van der Waals surface area contributed by atoms with E-state index in [9.17, 15) is 0 Å². The van der Waals surface area contributed by atoms with Crippen molar-refractivity contribution in [3.05, 3.63) is 0 Å². The van der Waals surface area contributed by atoms with Gasteiger partial charge in [-0.15, -0.1) is 0 Å². The van der Waals surface area contributed by atoms with E-state index in [1.54, 1.807) is 0 Å². The molecule has 0 N–H and O–H groups in total. The molecule has 17 heavy (non-hydrogen) atoms. The minimum Gasteiger partial charge on any atom is -0.374 e. The molecule has 1 aliphatic carbocycles. The van der Waals surface area contributed by atoms with Crippen LogP contribution in [0.25, 0.3) is 0 Å². The van der Waals surface area contributed by atoms with Gasteiger partial charge < -0.3 is 13.3 Å². The summed E-state index contributed by atoms with van der Waals surface area (Å²) in [5.41, 5.74) is 1.38. The van der Waals surface area contributed by atoms with Crippen molar-refractivity contribution in [1.29, 1.82) is 0 Å². The van der Waals surface area contributed by atoms with Gasteiger partial charge in [0.05, 0.1) is 0 Å². The van der Waals surface area contributed by atoms with Crippen LogP contribution in [0.4, 0.5) is 0 Å². The van der Waals surface area contributed by atoms with Crippen molar-refractivity contribution in [2.45, 2.75) is 57.9 Å². The molecule has 0 radical (unpaired) electrons. The third-order valence-corrected chi connectivity index (χ3v) is 10.2. The van der Waals surface area contributed by atoms with Gasteiger partial charge in [-0.25, -0.2) is 0 Å². The molecule has 1 rings (SSSR count). The van der Waals surface area contributed by atoms with Crippen molar-refractivity contribution in [3.63, 3.8) is 0 Å². The maximum Gasteiger partial charge on any atom is 0.504 e. The van der Waals surface area contributed by atoms with Gasteiger partial charge in [-0.3, -0.25) is 0 Å². The number of rotatable bonds is 8. The summed E-state index contributed by atoms with van der Waals surface area (Å²) in [5.74, 6) is 0. The lowest BCUT2D eigenvalue weighted by Crippen LogP contribution is -2.47. The third-order valence-electron chi connectivity index (χ3n) is 3.39. The average Bonchev–Trinajstić information content (AvgIpc) is 2.97. The van der Waals surface area contributed by atoms with Gasteiger partial charge in [0.2, 0.25) is 0 Å². The summed E-state index contributed by atoms with van der Waals surface area (Å²) in [6.45, 7) is 15.5. The van der Waals surface area contributed by atoms with E-state index in [0.717, 1.165) is 5.54 Å². The van der Waals surface area contributed by atoms with E-state index in [0.29, 0.717) is 25.4 Å². The summed E-state index contributed by atoms with van der Waals surface area (Å²) in [6, 6.07) is 0. The fourth-order valence-electron chi connectivity index (χ4n) is 2.59. The van der Waals surface area contributed by atoms with Crippen LogP contribution in [0.3, 0.4) is 0 Å². The maximum atomic E-state index is 5.98. The Labute approximate surface area is 108 Å². The predicted molar refractivity (Wildman–Crippen MR) is 76.1 cm³/mol. The number of hydrogen-bond acceptors (Lipinski definition) is 3. The molecule has 0 unspecified atom stereocenters. The molecule has 0 saturated heterocycles. The van der Waals surface area contributed by atoms with Crippen molar-refractivity contribution < 1.29 is 13.3 Å². The highest BCUT2D eigenvalue weighted by Crippen LogP contribution is 2.62. The Morgan fingerprint density at radius 3 is 1.47 bits per heavy atom. The summed E-state index contributed by atoms with van der Waals surface area (Å²) in [7, 11) is -3.49. The third kappa shape index (κ3) is 3.64. The first-order valence-corrected chi connectivity index (χ1v) is 12.2. The Hall–Kier alpha value is 0.314. The predicted octanol–water partition coefficient (Wildman–Crippen LogP) is 3.52. The van der Waals surface area contributed by atoms with Crippen LogP contribution < -0.4 is 0 Å². The molecule has 0 heterocycles. The standard InChI is InChI=1S/C12H28O3Si2/c1-7-13-17(14-8-2,15-9-3)12-10-11(12)16(4,5)6/h11-12H,7-10H2,1-6H3/t11-,12-/m1/s1. The Morgan fingerprint density at radius 2 is 1.24 bits per heavy atom. The first-order chi connectivity index (χ1) is 7.91. The molecule has 3 nitrogen and oxygen atoms in total. The SMILES string of the molecule is CCO[Si](OCC)(OCC)[C@@H]1C[C@H]1[Si](C)(C)C. The second-order valence-corrected chi connectivity index (χ2v) is 14.0. The van der Waals surface area contributed by atoms with Crippen LogP contribution in [0.1, 0.15) is 27.2 Å². The zero-order valence-corrected chi connectivity index (χ0v) is 14.2. The van der Waals surface area contributed by atoms with Crippen LogP contribution >= 0.6 is 0 Å². The second kappa shape index (κ2) is 5.97. The lowest BCUT2D eigenvalue weighted by atomic mass is 10.9. The zero-order chi connectivity index (χ0) is 13.1. The minimum absolute atomic E-state index is 0.564. The highest BCUT2D eigenvalue weighted by Gasteiger charge is 2.64. The molecule has 0 aromatic heterocycles. The monoisotopic (exact) mass is 276 g/mol. The van der Waals surface area contributed by atoms with Gasteiger partial charge in [-0.1, -0.05) is 19.6 Å². The minimum atomic E-state index is -2.40. The zero-order valence-electron chi connectivity index (χ0n) is 12.2. The van der Waals surface area contributed by atoms with E-state index < -0.39 is 16.9 Å². The number of hydrogen-bond donors (Lipinski definition) is 0. The highest BCUT2D eigenvalue weighted by molar-refractivity contribution is 6.81. The van der Waals surface area contributed by atoms with Gasteiger partial charge in [0, 0.05) is 33.4 Å². The van der Waals surface area contributed by atoms with E-state index in [1.807, 2.05) is 20.8 Å². The largest absolute Gasteiger partial charge is 0.504 e. The molecule has 1 fully saturated rings. The summed E-state index contributed by atoms with van der Waals surface area (Å²) < 4.78 is 17.9. The molecule has 0 amide bonds. The van der Waals surface area contributed by atoms with Gasteiger partial charge in [-0.05, 0) is 32.7 Å². The molecule has 0 aliphatic heterocycles. The molecule has 0 aromatic rings. The van der Waals surface area contributed by atoms with E-state index >= 15 is 0 Å². The second-order valence-electron chi connectivity index (χ2n) is 5.72. The molecule has 1 aliphatic rings. The molecule has 2 atom stereocenters. The fourth-order valence-corrected chi connectivity index (χ4v) is 10.2. The molecule has 5 heteroatoms. The van der Waals surface area contributed by atoms with Crippen LogP contribution in [0.15, 0.2) is 0 Å². The highest BCUT2D eigenvalue weighted by atomic mass is 28.4. The summed E-state index contributed by atoms with van der Waals surface area (Å²) >= 11 is 0. The molecular weight excluding hydrogens is 248 g/mol. The average molecular weight is 277 g/mol. The Bertz CT molecular complexity index is 223. The molecule has 1 saturated carbocycles. The lowest BCUT2D eigenvalue weighted by molar-refractivity contribution is 0.0694. The van der Waals surface area contributed by atoms with Crippen molar-refractivity contribution in [3.8, 4) is 0 Å². The first kappa shape index (κ1) is 15.4. The van der Waals surface area contributed by atoms with Crippen molar-refractivity contribution in [1.82, 2.24) is 0 Å². The maximum absolute atomic E-state index is 5.98. The summed E-state index contributed by atoms with van der Waals surface area (Å²) in [4.78, 5) is 0.